The van der Waals surface area contributed by atoms with Gasteiger partial charge in [0.1, 0.15) is 11.2 Å². The molecular weight excluding hydrogens is 348 g/mol. The summed E-state index contributed by atoms with van der Waals surface area (Å²) in [5.41, 5.74) is 9.97. The van der Waals surface area contributed by atoms with Crippen molar-refractivity contribution in [1.29, 1.82) is 0 Å². The summed E-state index contributed by atoms with van der Waals surface area (Å²) in [7, 11) is 0. The molecule has 0 aromatic heterocycles. The highest BCUT2D eigenvalue weighted by molar-refractivity contribution is 6.00. The van der Waals surface area contributed by atoms with Gasteiger partial charge in [0.15, 0.2) is 0 Å². The van der Waals surface area contributed by atoms with Gasteiger partial charge in [-0.05, 0) is 84.5 Å². The van der Waals surface area contributed by atoms with Gasteiger partial charge in [-0.15, -0.1) is 0 Å². The van der Waals surface area contributed by atoms with E-state index in [1.165, 1.54) is 0 Å². The zero-order valence-corrected chi connectivity index (χ0v) is 17.5. The van der Waals surface area contributed by atoms with Crippen LogP contribution < -0.4 is 5.32 Å². The van der Waals surface area contributed by atoms with Crippen LogP contribution in [0.4, 0.5) is 16.2 Å². The number of carbonyl (C=O) groups excluding carboxylic acids is 2. The number of azide groups is 1. The molecule has 27 heavy (non-hydrogen) atoms. The average molecular weight is 376 g/mol. The maximum Gasteiger partial charge on any atom is 0.412 e. The molecule has 0 spiro atoms. The van der Waals surface area contributed by atoms with E-state index in [4.69, 9.17) is 15.0 Å². The third kappa shape index (κ3) is 5.89. The molecule has 1 amide bonds. The minimum Gasteiger partial charge on any atom is -0.456 e. The number of carbonyl (C=O) groups is 2. The minimum atomic E-state index is -0.696. The Morgan fingerprint density at radius 2 is 1.44 bits per heavy atom. The number of rotatable bonds is 3. The Labute approximate surface area is 159 Å². The van der Waals surface area contributed by atoms with Gasteiger partial charge in [0.25, 0.3) is 0 Å². The van der Waals surface area contributed by atoms with Crippen LogP contribution in [0.15, 0.2) is 5.11 Å². The average Bonchev–Trinajstić information content (AvgIpc) is 2.44. The Bertz CT molecular complexity index is 811. The molecule has 0 aliphatic rings. The molecule has 1 aromatic carbocycles. The summed E-state index contributed by atoms with van der Waals surface area (Å²) in [6.45, 7) is 15.6. The topological polar surface area (TPSA) is 113 Å². The first-order valence-corrected chi connectivity index (χ1v) is 8.60. The van der Waals surface area contributed by atoms with E-state index in [-0.39, 0.29) is 11.3 Å². The van der Waals surface area contributed by atoms with E-state index in [1.54, 1.807) is 62.3 Å². The van der Waals surface area contributed by atoms with Crippen molar-refractivity contribution in [3.63, 3.8) is 0 Å². The van der Waals surface area contributed by atoms with Gasteiger partial charge >= 0.3 is 12.1 Å². The van der Waals surface area contributed by atoms with E-state index in [0.717, 1.165) is 0 Å². The summed E-state index contributed by atoms with van der Waals surface area (Å²) in [5.74, 6) is -0.556. The summed E-state index contributed by atoms with van der Waals surface area (Å²) in [6, 6.07) is 0. The van der Waals surface area contributed by atoms with Crippen LogP contribution in [0.3, 0.4) is 0 Å². The van der Waals surface area contributed by atoms with E-state index < -0.39 is 23.3 Å². The maximum absolute atomic E-state index is 12.7. The lowest BCUT2D eigenvalue weighted by Crippen LogP contribution is -2.28. The number of benzene rings is 1. The molecule has 1 N–H and O–H groups in total. The largest absolute Gasteiger partial charge is 0.456 e. The molecule has 8 nitrogen and oxygen atoms in total. The summed E-state index contributed by atoms with van der Waals surface area (Å²) < 4.78 is 10.8. The predicted octanol–water partition coefficient (Wildman–Crippen LogP) is 5.86. The lowest BCUT2D eigenvalue weighted by Gasteiger charge is -2.25. The Balaban J connectivity index is 3.57. The second kappa shape index (κ2) is 7.88. The minimum absolute atomic E-state index is 0.254. The summed E-state index contributed by atoms with van der Waals surface area (Å²) in [6.07, 6.45) is -0.667. The second-order valence-corrected chi connectivity index (χ2v) is 8.29. The van der Waals surface area contributed by atoms with Crippen molar-refractivity contribution in [3.8, 4) is 0 Å². The Kier molecular flexibility index (Phi) is 6.51. The van der Waals surface area contributed by atoms with Crippen LogP contribution in [-0.4, -0.2) is 23.3 Å². The molecule has 0 radical (unpaired) electrons. The third-order valence-electron chi connectivity index (χ3n) is 3.58. The summed E-state index contributed by atoms with van der Waals surface area (Å²) >= 11 is 0. The number of hydrogen-bond donors (Lipinski definition) is 1. The molecule has 0 bridgehead atoms. The molecule has 1 aromatic rings. The molecule has 0 aliphatic heterocycles. The van der Waals surface area contributed by atoms with E-state index in [2.05, 4.69) is 15.3 Å². The van der Waals surface area contributed by atoms with E-state index in [0.29, 0.717) is 22.4 Å². The molecule has 0 aliphatic carbocycles. The molecule has 8 heteroatoms. The zero-order valence-electron chi connectivity index (χ0n) is 17.5. The van der Waals surface area contributed by atoms with Crippen molar-refractivity contribution in [2.75, 3.05) is 5.32 Å². The predicted molar refractivity (Wildman–Crippen MR) is 104 cm³/mol. The number of esters is 1. The van der Waals surface area contributed by atoms with Gasteiger partial charge in [-0.2, -0.15) is 0 Å². The highest BCUT2D eigenvalue weighted by Gasteiger charge is 2.27. The fourth-order valence-electron chi connectivity index (χ4n) is 2.63. The van der Waals surface area contributed by atoms with Crippen LogP contribution in [0.1, 0.15) is 68.6 Å². The number of amides is 1. The van der Waals surface area contributed by atoms with Gasteiger partial charge in [-0.3, -0.25) is 5.32 Å². The van der Waals surface area contributed by atoms with Gasteiger partial charge in [0.05, 0.1) is 11.3 Å². The molecule has 0 fully saturated rings. The molecule has 0 heterocycles. The quantitative estimate of drug-likeness (QED) is 0.308. The Morgan fingerprint density at radius 1 is 0.926 bits per heavy atom. The normalized spacial score (nSPS) is 11.4. The van der Waals surface area contributed by atoms with Crippen LogP contribution in [0.5, 0.6) is 0 Å². The second-order valence-electron chi connectivity index (χ2n) is 8.29. The van der Waals surface area contributed by atoms with Gasteiger partial charge in [-0.25, -0.2) is 9.59 Å². The number of nitrogens with one attached hydrogen (secondary N) is 1. The van der Waals surface area contributed by atoms with Crippen LogP contribution in [0.25, 0.3) is 10.4 Å². The molecular formula is C19H28N4O4. The van der Waals surface area contributed by atoms with Crippen LogP contribution >= 0.6 is 0 Å². The van der Waals surface area contributed by atoms with E-state index in [1.807, 2.05) is 0 Å². The van der Waals surface area contributed by atoms with Crippen molar-refractivity contribution in [1.82, 2.24) is 0 Å². The number of anilines is 1. The lowest BCUT2D eigenvalue weighted by atomic mass is 9.94. The summed E-state index contributed by atoms with van der Waals surface area (Å²) in [5, 5.41) is 6.38. The van der Waals surface area contributed by atoms with Crippen LogP contribution in [-0.2, 0) is 9.47 Å². The van der Waals surface area contributed by atoms with Crippen molar-refractivity contribution in [3.05, 3.63) is 32.7 Å². The van der Waals surface area contributed by atoms with Gasteiger partial charge < -0.3 is 9.47 Å². The standard InChI is InChI=1S/C19H28N4O4/c1-10-13(16(24)26-18(4,5)6)11(2)15(22-23-20)12(3)14(10)21-17(25)27-19(7,8)9/h1-9H3,(H,21,25). The van der Waals surface area contributed by atoms with Gasteiger partial charge in [-0.1, -0.05) is 5.11 Å². The van der Waals surface area contributed by atoms with E-state index in [9.17, 15) is 9.59 Å². The molecule has 0 unspecified atom stereocenters. The number of hydrogen-bond acceptors (Lipinski definition) is 5. The third-order valence-corrected chi connectivity index (χ3v) is 3.58. The van der Waals surface area contributed by atoms with Gasteiger partial charge in [0.2, 0.25) is 0 Å². The SMILES string of the molecule is Cc1c(N=[N+]=[N-])c(C)c(C(=O)OC(C)(C)C)c(C)c1NC(=O)OC(C)(C)C. The first-order chi connectivity index (χ1) is 12.2. The number of nitrogens with zero attached hydrogens (tertiary/aromatic N) is 3. The summed E-state index contributed by atoms with van der Waals surface area (Å²) in [4.78, 5) is 27.8. The monoisotopic (exact) mass is 376 g/mol. The first kappa shape index (κ1) is 22.3. The molecule has 0 atom stereocenters. The fourth-order valence-corrected chi connectivity index (χ4v) is 2.63. The lowest BCUT2D eigenvalue weighted by molar-refractivity contribution is 0.00676. The van der Waals surface area contributed by atoms with Crippen molar-refractivity contribution in [2.45, 2.75) is 73.5 Å². The van der Waals surface area contributed by atoms with Gasteiger partial charge in [0, 0.05) is 10.6 Å². The van der Waals surface area contributed by atoms with Crippen molar-refractivity contribution in [2.24, 2.45) is 5.11 Å². The van der Waals surface area contributed by atoms with Crippen LogP contribution in [0, 0.1) is 20.8 Å². The van der Waals surface area contributed by atoms with Crippen molar-refractivity contribution < 1.29 is 19.1 Å². The highest BCUT2D eigenvalue weighted by Crippen LogP contribution is 2.38. The molecule has 0 saturated carbocycles. The van der Waals surface area contributed by atoms with E-state index >= 15 is 0 Å². The van der Waals surface area contributed by atoms with Crippen LogP contribution in [0.2, 0.25) is 0 Å². The number of ether oxygens (including phenoxy) is 2. The molecule has 148 valence electrons. The molecule has 0 saturated heterocycles. The molecule has 1 rings (SSSR count). The maximum atomic E-state index is 12.7. The Hall–Kier alpha value is -2.73. The zero-order chi connectivity index (χ0) is 21.2. The van der Waals surface area contributed by atoms with Crippen molar-refractivity contribution >= 4 is 23.4 Å². The smallest absolute Gasteiger partial charge is 0.412 e. The first-order valence-electron chi connectivity index (χ1n) is 8.60. The Morgan fingerprint density at radius 3 is 1.89 bits per heavy atom. The highest BCUT2D eigenvalue weighted by atomic mass is 16.6. The fraction of sp³-hybridized carbons (Fsp3) is 0.579.